The fraction of sp³-hybridized carbons (Fsp3) is 0.590. The first-order valence-corrected chi connectivity index (χ1v) is 40.4. The van der Waals surface area contributed by atoms with Gasteiger partial charge in [-0.25, -0.2) is 4.79 Å². The second-order valence-corrected chi connectivity index (χ2v) is 31.4. The smallest absolute Gasteiger partial charge is 0.335 e. The van der Waals surface area contributed by atoms with Crippen molar-refractivity contribution in [3.63, 3.8) is 0 Å². The maximum Gasteiger partial charge on any atom is 0.335 e. The Morgan fingerprint density at radius 3 is 1.77 bits per heavy atom. The number of ketones is 6. The summed E-state index contributed by atoms with van der Waals surface area (Å²) in [5, 5.41) is 50.0. The van der Waals surface area contributed by atoms with Crippen LogP contribution in [0, 0.1) is 23.7 Å². The standard InChI is InChI=1S/C82H118N14O20.CH5N/c1-45(71(84)106)41-85-47(3)67(102)68(103)48(4)89-72(107)50(6)91-73(108)51(7)92-74(109)52(8)93-80(116)82(10)36-21-17-15-13-11-12-14-16-20-35-81(9,88-42-46(2)97)79(115)95-62(32-34-66(100)101)77(112)94-63(38-54-27-29-55(30-28-54)78(113)114)64(98)40-56(39-57-43-86-60-26-19-18-25-59(57)60)75(110)90-49(5)69(104)70(105)61(31-33-65(83)99)87-44-58(76(111)96-82)37-53-23-22-24-53;1-2/h13,15,18-19,25-30,43,45,47-53,56,58,61-63,85-88H,11-12,14,16-17,20-24,31-42,44H2,1-10H3,(H2,83,99)(H2,84,106)(H,89,107)(H,90,110)(H,91,108)(H,92,109)(H,93,116)(H,94,112)(H,95,115)(H,96,111)(H,100,101)(H,113,114);2H2,1H3/b15-13+;/t45-,47-,48-,49?,50?,51-,52?,56+,58+,61-,62-,63-,81+,82-;/m0./s1. The number of carboxylic acid groups (broad SMARTS) is 2. The average Bonchev–Trinajstić information content (AvgIpc) is 1.46. The Morgan fingerprint density at radius 1 is 0.602 bits per heavy atom. The zero-order chi connectivity index (χ0) is 88.3. The number of hydrogen-bond donors (Lipinski definition) is 17. The van der Waals surface area contributed by atoms with Crippen LogP contribution < -0.4 is 75.7 Å². The zero-order valence-electron chi connectivity index (χ0n) is 69.6. The normalized spacial score (nSPS) is 23.4. The minimum absolute atomic E-state index is 0.00905. The van der Waals surface area contributed by atoms with E-state index in [9.17, 15) is 86.9 Å². The molecule has 1 saturated carbocycles. The molecule has 2 aromatic carbocycles. The number of nitrogens with two attached hydrogens (primary N) is 3. The van der Waals surface area contributed by atoms with Gasteiger partial charge in [0.05, 0.1) is 53.8 Å². The second kappa shape index (κ2) is 48.8. The number of allylic oxidation sites excluding steroid dienone is 2. The highest BCUT2D eigenvalue weighted by atomic mass is 16.4. The molecule has 2 aliphatic rings. The van der Waals surface area contributed by atoms with Crippen LogP contribution in [0.5, 0.6) is 0 Å². The molecule has 1 aliphatic carbocycles. The van der Waals surface area contributed by atoms with Crippen molar-refractivity contribution >= 4 is 117 Å². The molecular formula is C83H123N15O20. The molecule has 118 heavy (non-hydrogen) atoms. The maximum absolute atomic E-state index is 15.2. The molecule has 1 aliphatic heterocycles. The number of carbonyl (C=O) groups is 18. The highest BCUT2D eigenvalue weighted by Crippen LogP contribution is 2.33. The van der Waals surface area contributed by atoms with Crippen LogP contribution in [-0.4, -0.2) is 213 Å². The number of rotatable bonds is 31. The Kier molecular flexibility index (Phi) is 41.2. The van der Waals surface area contributed by atoms with Gasteiger partial charge in [-0.2, -0.15) is 0 Å². The number of H-pyrrole nitrogens is 1. The van der Waals surface area contributed by atoms with Crippen molar-refractivity contribution in [2.24, 2.45) is 40.9 Å². The zero-order valence-corrected chi connectivity index (χ0v) is 69.6. The van der Waals surface area contributed by atoms with E-state index in [1.807, 2.05) is 12.2 Å². The van der Waals surface area contributed by atoms with Crippen LogP contribution in [0.15, 0.2) is 66.9 Å². The van der Waals surface area contributed by atoms with E-state index in [0.717, 1.165) is 19.3 Å². The summed E-state index contributed by atoms with van der Waals surface area (Å²) in [6, 6.07) is -0.164. The summed E-state index contributed by atoms with van der Waals surface area (Å²) >= 11 is 0. The van der Waals surface area contributed by atoms with Crippen LogP contribution in [0.25, 0.3) is 10.9 Å². The van der Waals surface area contributed by atoms with E-state index in [4.69, 9.17) is 11.5 Å². The van der Waals surface area contributed by atoms with E-state index in [2.05, 4.69) is 69.2 Å². The highest BCUT2D eigenvalue weighted by Gasteiger charge is 2.42. The first kappa shape index (κ1) is 99.6. The Bertz CT molecular complexity index is 4090. The van der Waals surface area contributed by atoms with E-state index in [1.165, 1.54) is 101 Å². The largest absolute Gasteiger partial charge is 0.481 e. The number of benzene rings is 2. The van der Waals surface area contributed by atoms with Crippen molar-refractivity contribution in [3.8, 4) is 0 Å². The van der Waals surface area contributed by atoms with Gasteiger partial charge in [0, 0.05) is 61.3 Å². The van der Waals surface area contributed by atoms with Crippen molar-refractivity contribution in [1.29, 1.82) is 0 Å². The van der Waals surface area contributed by atoms with Gasteiger partial charge in [-0.15, -0.1) is 0 Å². The number of aromatic carboxylic acids is 1. The summed E-state index contributed by atoms with van der Waals surface area (Å²) in [6.07, 6.45) is 8.81. The van der Waals surface area contributed by atoms with Crippen molar-refractivity contribution in [1.82, 2.24) is 63.5 Å². The maximum atomic E-state index is 15.2. The summed E-state index contributed by atoms with van der Waals surface area (Å²) in [5.41, 5.74) is 13.6. The molecule has 0 spiro atoms. The lowest BCUT2D eigenvalue weighted by Crippen LogP contribution is -2.62. The van der Waals surface area contributed by atoms with Crippen LogP contribution in [0.4, 0.5) is 0 Å². The molecule has 1 fully saturated rings. The topological polar surface area (TPSA) is 574 Å². The average molecular weight is 1650 g/mol. The summed E-state index contributed by atoms with van der Waals surface area (Å²) < 4.78 is 0. The van der Waals surface area contributed by atoms with Gasteiger partial charge >= 0.3 is 11.9 Å². The van der Waals surface area contributed by atoms with Gasteiger partial charge in [-0.3, -0.25) is 86.8 Å². The molecule has 0 saturated heterocycles. The Balaban J connectivity index is 0.0000145. The monoisotopic (exact) mass is 1650 g/mol. The Hall–Kier alpha value is -10.8. The summed E-state index contributed by atoms with van der Waals surface area (Å²) in [5.74, 6) is -18.9. The van der Waals surface area contributed by atoms with E-state index < -0.39 is 209 Å². The van der Waals surface area contributed by atoms with Crippen LogP contribution >= 0.6 is 0 Å². The number of para-hydroxylation sites is 1. The Labute approximate surface area is 687 Å². The summed E-state index contributed by atoms with van der Waals surface area (Å²) in [6.45, 7) is 13.2. The van der Waals surface area contributed by atoms with Crippen LogP contribution in [0.2, 0.25) is 0 Å². The first-order chi connectivity index (χ1) is 55.6. The third kappa shape index (κ3) is 32.3. The van der Waals surface area contributed by atoms with Gasteiger partial charge in [0.15, 0.2) is 5.78 Å². The minimum atomic E-state index is -1.77. The number of primary amides is 2. The SMILES string of the molecule is CC(=O)CN[C@]1(C)CCCCCC/C=C/CCC[C@@](C)(C(=O)NC(C)C(=O)N[C@@H](C)C(=O)NC(C)C(=O)N[C@@H](C)C(=O)C(=O)[C@H](C)NC[C@H](C)C(N)=O)NC(=O)[C@H](CC2CCC2)CN[C@@H](CCC(N)=O)C(=O)C(=O)C(C)NC(=O)[C@H](Cc2c[nH]c3ccccc23)CC(=O)[C@H](Cc2ccc(C(=O)O)cc2)NC(=O)[C@H](CCC(=O)O)NC1=O.CN. The molecule has 650 valence electrons. The first-order valence-electron chi connectivity index (χ1n) is 40.4. The molecule has 0 radical (unpaired) electrons. The molecule has 1 aromatic heterocycles. The van der Waals surface area contributed by atoms with Gasteiger partial charge in [-0.1, -0.05) is 87.9 Å². The van der Waals surface area contributed by atoms with Gasteiger partial charge in [0.25, 0.3) is 0 Å². The fourth-order valence-corrected chi connectivity index (χ4v) is 13.4. The van der Waals surface area contributed by atoms with E-state index in [0.29, 0.717) is 67.0 Å². The number of amides is 10. The van der Waals surface area contributed by atoms with Gasteiger partial charge in [0.2, 0.25) is 82.2 Å². The lowest BCUT2D eigenvalue weighted by molar-refractivity contribution is -0.140. The van der Waals surface area contributed by atoms with Crippen molar-refractivity contribution in [3.05, 3.63) is 83.6 Å². The summed E-state index contributed by atoms with van der Waals surface area (Å²) in [4.78, 5) is 249. The quantitative estimate of drug-likeness (QED) is 0.0320. The summed E-state index contributed by atoms with van der Waals surface area (Å²) in [7, 11) is 1.50. The number of aliphatic carboxylic acids is 1. The number of carbonyl (C=O) groups excluding carboxylic acids is 16. The molecule has 35 heteroatoms. The van der Waals surface area contributed by atoms with Gasteiger partial charge < -0.3 is 85.6 Å². The predicted molar refractivity (Wildman–Crippen MR) is 437 cm³/mol. The highest BCUT2D eigenvalue weighted by molar-refractivity contribution is 6.41. The lowest BCUT2D eigenvalue weighted by atomic mass is 9.78. The Morgan fingerprint density at radius 2 is 1.19 bits per heavy atom. The number of carboxylic acids is 2. The molecule has 0 bridgehead atoms. The van der Waals surface area contributed by atoms with Gasteiger partial charge in [0.1, 0.15) is 35.5 Å². The van der Waals surface area contributed by atoms with E-state index >= 15 is 9.59 Å². The molecule has 3 aromatic rings. The van der Waals surface area contributed by atoms with Crippen molar-refractivity contribution in [2.45, 2.75) is 263 Å². The molecule has 2 heterocycles. The lowest BCUT2D eigenvalue weighted by Gasteiger charge is -2.35. The number of aromatic amines is 1. The van der Waals surface area contributed by atoms with Gasteiger partial charge in [-0.05, 0) is 175 Å². The van der Waals surface area contributed by atoms with Crippen molar-refractivity contribution < 1.29 is 96.5 Å². The molecule has 5 rings (SSSR count). The molecule has 14 atom stereocenters. The number of aromatic nitrogens is 1. The fourth-order valence-electron chi connectivity index (χ4n) is 13.4. The third-order valence-electron chi connectivity index (χ3n) is 21.4. The molecular weight excluding hydrogens is 1530 g/mol. The molecule has 35 nitrogen and oxygen atoms in total. The van der Waals surface area contributed by atoms with Crippen LogP contribution in [-0.2, 0) is 94.3 Å². The van der Waals surface area contributed by atoms with E-state index in [1.54, 1.807) is 30.5 Å². The number of nitrogens with one attached hydrogen (secondary N) is 12. The molecule has 3 unspecified atom stereocenters. The number of Topliss-reactive ketones (excluding diaryl/α,β-unsaturated/α-hetero) is 6. The predicted octanol–water partition coefficient (Wildman–Crippen LogP) is 1.46. The number of fused-ring (bicyclic) bond motifs is 1. The van der Waals surface area contributed by atoms with E-state index in [-0.39, 0.29) is 75.4 Å². The van der Waals surface area contributed by atoms with Crippen molar-refractivity contribution in [2.75, 3.05) is 26.7 Å². The third-order valence-corrected chi connectivity index (χ3v) is 21.4. The molecule has 10 amide bonds. The second-order valence-electron chi connectivity index (χ2n) is 31.4. The molecule has 20 N–H and O–H groups in total. The van der Waals surface area contributed by atoms with Crippen LogP contribution in [0.1, 0.15) is 206 Å². The number of hydrogen-bond acceptors (Lipinski definition) is 22. The van der Waals surface area contributed by atoms with Crippen LogP contribution in [0.3, 0.4) is 0 Å². The minimum Gasteiger partial charge on any atom is -0.481 e.